The third-order valence-corrected chi connectivity index (χ3v) is 7.21. The number of aromatic nitrogens is 1. The highest BCUT2D eigenvalue weighted by atomic mass is 32.1. The zero-order chi connectivity index (χ0) is 23.2. The molecule has 0 spiro atoms. The van der Waals surface area contributed by atoms with Crippen LogP contribution in [0.2, 0.25) is 0 Å². The standard InChI is InChI=1S/C25H24N4O3S/c1-16(30)29(21-9-4-3-5-10-21)24-26-20(15-33-24)14-28-22(31)25(2,27-23(28)32)19-12-11-17-7-6-8-18(17)13-19/h3-5,9-13,15H,6-8,14H2,1-2H3,(H,27,32). The number of urea groups is 1. The second kappa shape index (κ2) is 8.12. The molecule has 4 amide bonds. The van der Waals surface area contributed by atoms with Crippen LogP contribution in [-0.4, -0.2) is 27.7 Å². The van der Waals surface area contributed by atoms with Gasteiger partial charge in [-0.2, -0.15) is 0 Å². The lowest BCUT2D eigenvalue weighted by molar-refractivity contribution is -0.131. The minimum absolute atomic E-state index is 0.0439. The van der Waals surface area contributed by atoms with Crippen LogP contribution in [0, 0.1) is 0 Å². The van der Waals surface area contributed by atoms with Crippen LogP contribution in [0.3, 0.4) is 0 Å². The van der Waals surface area contributed by atoms with Crippen molar-refractivity contribution in [3.05, 3.63) is 76.3 Å². The summed E-state index contributed by atoms with van der Waals surface area (Å²) >= 11 is 1.30. The highest BCUT2D eigenvalue weighted by Gasteiger charge is 2.49. The van der Waals surface area contributed by atoms with E-state index in [-0.39, 0.29) is 18.4 Å². The van der Waals surface area contributed by atoms with Gasteiger partial charge in [0.1, 0.15) is 5.54 Å². The van der Waals surface area contributed by atoms with Crippen molar-refractivity contribution in [1.29, 1.82) is 0 Å². The molecule has 1 saturated heterocycles. The molecule has 0 bridgehead atoms. The van der Waals surface area contributed by atoms with E-state index in [4.69, 9.17) is 0 Å². The van der Waals surface area contributed by atoms with Gasteiger partial charge in [0, 0.05) is 12.3 Å². The molecule has 2 aliphatic rings. The number of benzene rings is 2. The van der Waals surface area contributed by atoms with Gasteiger partial charge in [-0.1, -0.05) is 36.4 Å². The molecule has 0 saturated carbocycles. The second-order valence-corrected chi connectivity index (χ2v) is 9.43. The first kappa shape index (κ1) is 21.3. The zero-order valence-corrected chi connectivity index (χ0v) is 19.3. The van der Waals surface area contributed by atoms with E-state index in [1.807, 2.05) is 36.4 Å². The molecule has 2 aromatic carbocycles. The van der Waals surface area contributed by atoms with Crippen molar-refractivity contribution in [2.45, 2.75) is 45.2 Å². The van der Waals surface area contributed by atoms with Gasteiger partial charge in [0.05, 0.1) is 17.9 Å². The average molecular weight is 461 g/mol. The Labute approximate surface area is 196 Å². The van der Waals surface area contributed by atoms with E-state index in [9.17, 15) is 14.4 Å². The predicted molar refractivity (Wildman–Crippen MR) is 126 cm³/mol. The van der Waals surface area contributed by atoms with E-state index in [2.05, 4.69) is 22.4 Å². The van der Waals surface area contributed by atoms with Crippen molar-refractivity contribution >= 4 is 40.0 Å². The lowest BCUT2D eigenvalue weighted by Gasteiger charge is -2.23. The molecule has 33 heavy (non-hydrogen) atoms. The lowest BCUT2D eigenvalue weighted by atomic mass is 9.89. The Hall–Kier alpha value is -3.52. The quantitative estimate of drug-likeness (QED) is 0.576. The van der Waals surface area contributed by atoms with Gasteiger partial charge in [-0.05, 0) is 55.0 Å². The first-order valence-electron chi connectivity index (χ1n) is 10.9. The van der Waals surface area contributed by atoms with Crippen LogP contribution < -0.4 is 10.2 Å². The van der Waals surface area contributed by atoms with Crippen LogP contribution in [0.1, 0.15) is 42.7 Å². The number of aryl methyl sites for hydroxylation is 2. The summed E-state index contributed by atoms with van der Waals surface area (Å²) in [4.78, 5) is 45.7. The highest BCUT2D eigenvalue weighted by Crippen LogP contribution is 2.34. The molecular weight excluding hydrogens is 436 g/mol. The van der Waals surface area contributed by atoms with E-state index in [1.165, 1.54) is 39.2 Å². The lowest BCUT2D eigenvalue weighted by Crippen LogP contribution is -2.41. The topological polar surface area (TPSA) is 82.6 Å². The Morgan fingerprint density at radius 3 is 2.67 bits per heavy atom. The summed E-state index contributed by atoms with van der Waals surface area (Å²) in [6.07, 6.45) is 3.18. The Kier molecular flexibility index (Phi) is 5.25. The van der Waals surface area contributed by atoms with Crippen molar-refractivity contribution < 1.29 is 14.4 Å². The first-order valence-corrected chi connectivity index (χ1v) is 11.8. The van der Waals surface area contributed by atoms with E-state index in [1.54, 1.807) is 12.3 Å². The molecule has 168 valence electrons. The van der Waals surface area contributed by atoms with Gasteiger partial charge in [-0.3, -0.25) is 19.4 Å². The summed E-state index contributed by atoms with van der Waals surface area (Å²) in [5.41, 5.74) is 3.53. The molecule has 1 aromatic heterocycles. The van der Waals surface area contributed by atoms with Crippen LogP contribution in [0.5, 0.6) is 0 Å². The fourth-order valence-corrected chi connectivity index (χ4v) is 5.43. The normalized spacial score (nSPS) is 19.5. The van der Waals surface area contributed by atoms with Crippen LogP contribution in [0.4, 0.5) is 15.6 Å². The van der Waals surface area contributed by atoms with Gasteiger partial charge in [0.25, 0.3) is 5.91 Å². The monoisotopic (exact) mass is 460 g/mol. The van der Waals surface area contributed by atoms with Crippen molar-refractivity contribution in [2.75, 3.05) is 4.90 Å². The van der Waals surface area contributed by atoms with Crippen LogP contribution >= 0.6 is 11.3 Å². The van der Waals surface area contributed by atoms with Gasteiger partial charge in [0.15, 0.2) is 5.13 Å². The number of anilines is 2. The second-order valence-electron chi connectivity index (χ2n) is 8.59. The molecule has 2 heterocycles. The maximum atomic E-state index is 13.4. The van der Waals surface area contributed by atoms with Crippen molar-refractivity contribution in [3.8, 4) is 0 Å². The molecule has 1 N–H and O–H groups in total. The molecule has 3 aromatic rings. The summed E-state index contributed by atoms with van der Waals surface area (Å²) < 4.78 is 0. The fraction of sp³-hybridized carbons (Fsp3) is 0.280. The summed E-state index contributed by atoms with van der Waals surface area (Å²) in [5.74, 6) is -0.465. The summed E-state index contributed by atoms with van der Waals surface area (Å²) in [6.45, 7) is 3.28. The number of fused-ring (bicyclic) bond motifs is 1. The Balaban J connectivity index is 1.38. The van der Waals surface area contributed by atoms with Gasteiger partial charge >= 0.3 is 6.03 Å². The highest BCUT2D eigenvalue weighted by molar-refractivity contribution is 7.14. The van der Waals surface area contributed by atoms with Crippen LogP contribution in [0.15, 0.2) is 53.9 Å². The Morgan fingerprint density at radius 2 is 1.91 bits per heavy atom. The number of rotatable bonds is 5. The third kappa shape index (κ3) is 3.70. The predicted octanol–water partition coefficient (Wildman–Crippen LogP) is 4.28. The third-order valence-electron chi connectivity index (χ3n) is 6.33. The number of amides is 4. The number of carbonyl (C=O) groups is 3. The number of para-hydroxylation sites is 1. The van der Waals surface area contributed by atoms with Crippen LogP contribution in [-0.2, 0) is 34.5 Å². The van der Waals surface area contributed by atoms with Crippen LogP contribution in [0.25, 0.3) is 0 Å². The van der Waals surface area contributed by atoms with Gasteiger partial charge in [-0.25, -0.2) is 9.78 Å². The molecular formula is C25H24N4O3S. The van der Waals surface area contributed by atoms with E-state index in [0.29, 0.717) is 16.5 Å². The molecule has 1 aliphatic carbocycles. The minimum Gasteiger partial charge on any atom is -0.319 e. The Morgan fingerprint density at radius 1 is 1.15 bits per heavy atom. The summed E-state index contributed by atoms with van der Waals surface area (Å²) in [6, 6.07) is 14.9. The molecule has 0 radical (unpaired) electrons. The van der Waals surface area contributed by atoms with Gasteiger partial charge in [-0.15, -0.1) is 11.3 Å². The van der Waals surface area contributed by atoms with Crippen molar-refractivity contribution in [2.24, 2.45) is 0 Å². The molecule has 1 aliphatic heterocycles. The number of hydrogen-bond acceptors (Lipinski definition) is 5. The molecule has 8 heteroatoms. The summed E-state index contributed by atoms with van der Waals surface area (Å²) in [5, 5.41) is 5.15. The SMILES string of the molecule is CC(=O)N(c1ccccc1)c1nc(CN2C(=O)NC(C)(c3ccc4c(c3)CCC4)C2=O)cs1. The van der Waals surface area contributed by atoms with E-state index >= 15 is 0 Å². The molecule has 7 nitrogen and oxygen atoms in total. The smallest absolute Gasteiger partial charge is 0.319 e. The van der Waals surface area contributed by atoms with Gasteiger partial charge in [0.2, 0.25) is 5.91 Å². The number of hydrogen-bond donors (Lipinski definition) is 1. The average Bonchev–Trinajstić information content (AvgIpc) is 3.50. The first-order chi connectivity index (χ1) is 15.9. The fourth-order valence-electron chi connectivity index (χ4n) is 4.56. The van der Waals surface area contributed by atoms with Crippen molar-refractivity contribution in [1.82, 2.24) is 15.2 Å². The van der Waals surface area contributed by atoms with E-state index < -0.39 is 11.6 Å². The molecule has 1 fully saturated rings. The van der Waals surface area contributed by atoms with Crippen molar-refractivity contribution in [3.63, 3.8) is 0 Å². The number of nitrogens with one attached hydrogen (secondary N) is 1. The minimum atomic E-state index is -1.11. The maximum absolute atomic E-state index is 13.4. The largest absolute Gasteiger partial charge is 0.325 e. The number of imide groups is 1. The maximum Gasteiger partial charge on any atom is 0.325 e. The molecule has 1 atom stereocenters. The Bertz CT molecular complexity index is 1260. The zero-order valence-electron chi connectivity index (χ0n) is 18.5. The molecule has 1 unspecified atom stereocenters. The number of carbonyl (C=O) groups excluding carboxylic acids is 3. The van der Waals surface area contributed by atoms with E-state index in [0.717, 1.165) is 24.8 Å². The molecule has 5 rings (SSSR count). The number of thiazole rings is 1. The number of nitrogens with zero attached hydrogens (tertiary/aromatic N) is 3. The summed E-state index contributed by atoms with van der Waals surface area (Å²) in [7, 11) is 0. The van der Waals surface area contributed by atoms with Gasteiger partial charge < -0.3 is 5.32 Å².